The van der Waals surface area contributed by atoms with Gasteiger partial charge in [0.05, 0.1) is 12.7 Å². The smallest absolute Gasteiger partial charge is 0.252 e. The Bertz CT molecular complexity index is 660. The molecule has 0 fully saturated rings. The summed E-state index contributed by atoms with van der Waals surface area (Å²) < 4.78 is 7.25. The Morgan fingerprint density at radius 3 is 3.00 bits per heavy atom. The molecule has 0 radical (unpaired) electrons. The number of ketones is 1. The number of hydrogen-bond donors (Lipinski definition) is 0. The van der Waals surface area contributed by atoms with Crippen molar-refractivity contribution in [3.8, 4) is 11.8 Å². The van der Waals surface area contributed by atoms with Crippen molar-refractivity contribution in [1.29, 1.82) is 5.26 Å². The Labute approximate surface area is 117 Å². The fourth-order valence-corrected chi connectivity index (χ4v) is 1.91. The number of aromatic nitrogens is 3. The lowest BCUT2D eigenvalue weighted by molar-refractivity contribution is 0.0964. The molecule has 0 saturated carbocycles. The van der Waals surface area contributed by atoms with E-state index in [1.165, 1.54) is 18.1 Å². The van der Waals surface area contributed by atoms with Crippen LogP contribution in [0.4, 0.5) is 0 Å². The van der Waals surface area contributed by atoms with E-state index in [2.05, 4.69) is 26.0 Å². The molecular weight excluding hydrogens is 312 g/mol. The number of nitriles is 1. The van der Waals surface area contributed by atoms with Crippen molar-refractivity contribution in [1.82, 2.24) is 14.8 Å². The zero-order valence-corrected chi connectivity index (χ0v) is 11.6. The van der Waals surface area contributed by atoms with Gasteiger partial charge in [0, 0.05) is 4.47 Å². The number of halogens is 1. The van der Waals surface area contributed by atoms with Crippen molar-refractivity contribution in [2.45, 2.75) is 6.54 Å². The van der Waals surface area contributed by atoms with E-state index in [0.29, 0.717) is 11.3 Å². The summed E-state index contributed by atoms with van der Waals surface area (Å²) in [6.07, 6.45) is 1.35. The topological polar surface area (TPSA) is 80.8 Å². The van der Waals surface area contributed by atoms with Gasteiger partial charge in [-0.05, 0) is 18.2 Å². The van der Waals surface area contributed by atoms with Gasteiger partial charge in [-0.1, -0.05) is 15.9 Å². The first-order valence-electron chi connectivity index (χ1n) is 5.30. The lowest BCUT2D eigenvalue weighted by atomic mass is 10.1. The Kier molecular flexibility index (Phi) is 3.92. The Morgan fingerprint density at radius 1 is 1.58 bits per heavy atom. The first kappa shape index (κ1) is 13.2. The van der Waals surface area contributed by atoms with Gasteiger partial charge in [0.1, 0.15) is 24.7 Å². The van der Waals surface area contributed by atoms with E-state index in [4.69, 9.17) is 10.00 Å². The summed E-state index contributed by atoms with van der Waals surface area (Å²) in [7, 11) is 1.50. The number of methoxy groups -OCH3 is 1. The molecule has 0 spiro atoms. The molecule has 7 heteroatoms. The molecule has 2 rings (SSSR count). The lowest BCUT2D eigenvalue weighted by Crippen LogP contribution is -2.12. The predicted octanol–water partition coefficient (Wildman–Crippen LogP) is 1.80. The second kappa shape index (κ2) is 5.63. The molecule has 0 unspecified atom stereocenters. The van der Waals surface area contributed by atoms with Gasteiger partial charge in [-0.25, -0.2) is 9.67 Å². The fourth-order valence-electron chi connectivity index (χ4n) is 1.55. The van der Waals surface area contributed by atoms with Crippen LogP contribution < -0.4 is 4.74 Å². The molecule has 19 heavy (non-hydrogen) atoms. The molecule has 0 atom stereocenters. The molecule has 6 nitrogen and oxygen atoms in total. The second-order valence-corrected chi connectivity index (χ2v) is 4.56. The number of carbonyl (C=O) groups excluding carboxylic acids is 1. The Morgan fingerprint density at radius 2 is 2.37 bits per heavy atom. The van der Waals surface area contributed by atoms with Crippen LogP contribution in [-0.4, -0.2) is 27.7 Å². The van der Waals surface area contributed by atoms with E-state index in [9.17, 15) is 4.79 Å². The summed E-state index contributed by atoms with van der Waals surface area (Å²) in [5.74, 6) is 0.357. The summed E-state index contributed by atoms with van der Waals surface area (Å²) in [4.78, 5) is 15.9. The van der Waals surface area contributed by atoms with Crippen molar-refractivity contribution >= 4 is 21.7 Å². The maximum atomic E-state index is 12.2. The molecule has 2 aromatic rings. The van der Waals surface area contributed by atoms with Crippen LogP contribution in [0, 0.1) is 11.3 Å². The van der Waals surface area contributed by atoms with E-state index in [1.54, 1.807) is 24.3 Å². The van der Waals surface area contributed by atoms with Crippen LogP contribution in [0.25, 0.3) is 0 Å². The molecule has 0 amide bonds. The maximum absolute atomic E-state index is 12.2. The highest BCUT2D eigenvalue weighted by Crippen LogP contribution is 2.23. The third-order valence-electron chi connectivity index (χ3n) is 2.40. The highest BCUT2D eigenvalue weighted by Gasteiger charge is 2.14. The van der Waals surface area contributed by atoms with Gasteiger partial charge < -0.3 is 4.74 Å². The number of benzene rings is 1. The van der Waals surface area contributed by atoms with Crippen molar-refractivity contribution in [2.75, 3.05) is 7.11 Å². The maximum Gasteiger partial charge on any atom is 0.252 e. The summed E-state index contributed by atoms with van der Waals surface area (Å²) >= 11 is 3.31. The van der Waals surface area contributed by atoms with Gasteiger partial charge in [0.15, 0.2) is 5.78 Å². The van der Waals surface area contributed by atoms with Crippen LogP contribution in [-0.2, 0) is 6.54 Å². The van der Waals surface area contributed by atoms with Gasteiger partial charge in [-0.2, -0.15) is 5.26 Å². The van der Waals surface area contributed by atoms with Gasteiger partial charge in [-0.15, -0.1) is 5.10 Å². The first-order valence-corrected chi connectivity index (χ1v) is 6.09. The summed E-state index contributed by atoms with van der Waals surface area (Å²) in [6, 6.07) is 6.99. The number of carbonyl (C=O) groups is 1. The van der Waals surface area contributed by atoms with Crippen molar-refractivity contribution in [2.24, 2.45) is 0 Å². The van der Waals surface area contributed by atoms with Crippen LogP contribution in [0.5, 0.6) is 5.75 Å². The first-order chi connectivity index (χ1) is 9.13. The molecule has 0 saturated heterocycles. The number of ether oxygens (including phenoxy) is 1. The third-order valence-corrected chi connectivity index (χ3v) is 2.90. The van der Waals surface area contributed by atoms with Crippen molar-refractivity contribution < 1.29 is 9.53 Å². The molecule has 0 bridgehead atoms. The number of hydrogen-bond acceptors (Lipinski definition) is 5. The Balaban J connectivity index is 2.24. The normalized spacial score (nSPS) is 9.95. The molecule has 0 aliphatic carbocycles. The molecule has 1 heterocycles. The molecule has 0 aliphatic heterocycles. The molecule has 1 aromatic carbocycles. The SMILES string of the molecule is COc1ccc(Br)cc1C(=O)Cn1cnc(C#N)n1. The van der Waals surface area contributed by atoms with Gasteiger partial charge in [0.25, 0.3) is 5.82 Å². The molecule has 1 aromatic heterocycles. The van der Waals surface area contributed by atoms with Crippen LogP contribution >= 0.6 is 15.9 Å². The lowest BCUT2D eigenvalue weighted by Gasteiger charge is -2.07. The van der Waals surface area contributed by atoms with Crippen LogP contribution in [0.1, 0.15) is 16.2 Å². The van der Waals surface area contributed by atoms with Crippen LogP contribution in [0.3, 0.4) is 0 Å². The minimum Gasteiger partial charge on any atom is -0.496 e. The van der Waals surface area contributed by atoms with E-state index >= 15 is 0 Å². The van der Waals surface area contributed by atoms with Gasteiger partial charge in [-0.3, -0.25) is 4.79 Å². The number of Topliss-reactive ketones (excluding diaryl/α,β-unsaturated/α-hetero) is 1. The average Bonchev–Trinajstić information content (AvgIpc) is 2.86. The molecular formula is C12H9BrN4O2. The molecule has 96 valence electrons. The van der Waals surface area contributed by atoms with Gasteiger partial charge in [0.2, 0.25) is 0 Å². The highest BCUT2D eigenvalue weighted by atomic mass is 79.9. The zero-order valence-electron chi connectivity index (χ0n) is 10.00. The predicted molar refractivity (Wildman–Crippen MR) is 69.8 cm³/mol. The van der Waals surface area contributed by atoms with Gasteiger partial charge >= 0.3 is 0 Å². The minimum absolute atomic E-state index is 0.00148. The molecule has 0 aliphatic rings. The summed E-state index contributed by atoms with van der Waals surface area (Å²) in [5.41, 5.74) is 0.450. The van der Waals surface area contributed by atoms with Crippen LogP contribution in [0.2, 0.25) is 0 Å². The average molecular weight is 321 g/mol. The molecule has 0 N–H and O–H groups in total. The van der Waals surface area contributed by atoms with Crippen molar-refractivity contribution in [3.63, 3.8) is 0 Å². The fraction of sp³-hybridized carbons (Fsp3) is 0.167. The zero-order chi connectivity index (χ0) is 13.8. The van der Waals surface area contributed by atoms with E-state index in [1.807, 2.05) is 0 Å². The van der Waals surface area contributed by atoms with Crippen molar-refractivity contribution in [3.05, 3.63) is 40.4 Å². The largest absolute Gasteiger partial charge is 0.496 e. The number of rotatable bonds is 4. The number of nitrogens with zero attached hydrogens (tertiary/aromatic N) is 4. The van der Waals surface area contributed by atoms with E-state index in [-0.39, 0.29) is 18.2 Å². The van der Waals surface area contributed by atoms with Crippen LogP contribution in [0.15, 0.2) is 29.0 Å². The Hall–Kier alpha value is -2.20. The summed E-state index contributed by atoms with van der Waals surface area (Å²) in [6.45, 7) is 0.00148. The third kappa shape index (κ3) is 2.98. The standard InChI is InChI=1S/C12H9BrN4O2/c1-19-11-3-2-8(13)4-9(11)10(18)6-17-7-15-12(5-14)16-17/h2-4,7H,6H2,1H3. The van der Waals surface area contributed by atoms with E-state index in [0.717, 1.165) is 4.47 Å². The summed E-state index contributed by atoms with van der Waals surface area (Å²) in [5, 5.41) is 12.5. The minimum atomic E-state index is -0.174. The van der Waals surface area contributed by atoms with E-state index < -0.39 is 0 Å². The monoisotopic (exact) mass is 320 g/mol. The second-order valence-electron chi connectivity index (χ2n) is 3.65. The quantitative estimate of drug-likeness (QED) is 0.802. The highest BCUT2D eigenvalue weighted by molar-refractivity contribution is 9.10.